The van der Waals surface area contributed by atoms with E-state index in [0.717, 1.165) is 30.3 Å². The average molecular weight is 317 g/mol. The molecule has 0 saturated heterocycles. The lowest BCUT2D eigenvalue weighted by molar-refractivity contribution is 0.281. The minimum atomic E-state index is -4.46. The molecule has 0 aliphatic rings. The monoisotopic (exact) mass is 317 g/mol. The van der Waals surface area contributed by atoms with Gasteiger partial charge in [0.2, 0.25) is 0 Å². The van der Waals surface area contributed by atoms with Crippen LogP contribution in [0.15, 0.2) is 41.3 Å². The molecule has 0 aliphatic carbocycles. The van der Waals surface area contributed by atoms with E-state index in [2.05, 4.69) is 0 Å². The highest BCUT2D eigenvalue weighted by Gasteiger charge is 2.22. The van der Waals surface area contributed by atoms with Crippen molar-refractivity contribution >= 4 is 15.7 Å². The fourth-order valence-corrected chi connectivity index (χ4v) is 2.82. The third-order valence-electron chi connectivity index (χ3n) is 2.66. The molecular weight excluding hydrogens is 307 g/mol. The number of hydrogen-bond acceptors (Lipinski definition) is 3. The summed E-state index contributed by atoms with van der Waals surface area (Å²) >= 11 is 0. The van der Waals surface area contributed by atoms with Crippen LogP contribution < -0.4 is 4.72 Å². The Morgan fingerprint density at radius 1 is 1.05 bits per heavy atom. The van der Waals surface area contributed by atoms with Gasteiger partial charge in [0.1, 0.15) is 10.7 Å². The molecule has 0 amide bonds. The van der Waals surface area contributed by atoms with Crippen molar-refractivity contribution in [3.8, 4) is 0 Å². The average Bonchev–Trinajstić information content (AvgIpc) is 2.44. The van der Waals surface area contributed by atoms with Crippen LogP contribution in [0.4, 0.5) is 18.9 Å². The van der Waals surface area contributed by atoms with Crippen LogP contribution in [0.1, 0.15) is 5.56 Å². The highest BCUT2D eigenvalue weighted by Crippen LogP contribution is 2.23. The number of benzene rings is 2. The number of nitrogens with one attached hydrogen (secondary N) is 1. The van der Waals surface area contributed by atoms with Gasteiger partial charge >= 0.3 is 0 Å². The standard InChI is InChI=1S/C13H10F3NO3S/c14-9-5-4-8(7-18)6-12(9)21(19,20)17-11-3-1-2-10(15)13(11)16/h1-6,17-18H,7H2. The zero-order valence-electron chi connectivity index (χ0n) is 10.5. The molecule has 112 valence electrons. The number of aliphatic hydroxyl groups is 1. The van der Waals surface area contributed by atoms with Crippen LogP contribution in [-0.2, 0) is 16.6 Å². The van der Waals surface area contributed by atoms with Gasteiger partial charge in [0.05, 0.1) is 12.3 Å². The van der Waals surface area contributed by atoms with Crippen molar-refractivity contribution in [1.82, 2.24) is 0 Å². The van der Waals surface area contributed by atoms with E-state index in [1.807, 2.05) is 0 Å². The summed E-state index contributed by atoms with van der Waals surface area (Å²) in [5.74, 6) is -3.70. The quantitative estimate of drug-likeness (QED) is 0.910. The van der Waals surface area contributed by atoms with Crippen molar-refractivity contribution in [2.45, 2.75) is 11.5 Å². The number of halogens is 3. The number of sulfonamides is 1. The molecule has 0 aromatic heterocycles. The van der Waals surface area contributed by atoms with Gasteiger partial charge in [-0.15, -0.1) is 0 Å². The molecule has 0 radical (unpaired) electrons. The van der Waals surface area contributed by atoms with Crippen molar-refractivity contribution in [3.05, 3.63) is 59.4 Å². The predicted molar refractivity (Wildman–Crippen MR) is 69.5 cm³/mol. The summed E-state index contributed by atoms with van der Waals surface area (Å²) < 4.78 is 65.9. The predicted octanol–water partition coefficient (Wildman–Crippen LogP) is 2.40. The molecule has 0 unspecified atom stereocenters. The Bertz CT molecular complexity index is 778. The van der Waals surface area contributed by atoms with Gasteiger partial charge in [-0.05, 0) is 29.8 Å². The van der Waals surface area contributed by atoms with Crippen LogP contribution in [0, 0.1) is 17.5 Å². The fraction of sp³-hybridized carbons (Fsp3) is 0.0769. The van der Waals surface area contributed by atoms with Crippen LogP contribution in [0.5, 0.6) is 0 Å². The smallest absolute Gasteiger partial charge is 0.264 e. The van der Waals surface area contributed by atoms with Crippen molar-refractivity contribution < 1.29 is 26.7 Å². The van der Waals surface area contributed by atoms with Crippen LogP contribution in [-0.4, -0.2) is 13.5 Å². The molecule has 0 aliphatic heterocycles. The highest BCUT2D eigenvalue weighted by molar-refractivity contribution is 7.92. The number of hydrogen-bond donors (Lipinski definition) is 2. The van der Waals surface area contributed by atoms with E-state index in [1.165, 1.54) is 6.07 Å². The lowest BCUT2D eigenvalue weighted by Gasteiger charge is -2.10. The first-order valence-corrected chi connectivity index (χ1v) is 7.19. The van der Waals surface area contributed by atoms with Crippen LogP contribution in [0.3, 0.4) is 0 Å². The summed E-state index contributed by atoms with van der Waals surface area (Å²) in [4.78, 5) is -0.766. The molecule has 2 aromatic rings. The Labute approximate surface area is 118 Å². The summed E-state index contributed by atoms with van der Waals surface area (Å²) in [6.07, 6.45) is 0. The lowest BCUT2D eigenvalue weighted by Crippen LogP contribution is -2.16. The second kappa shape index (κ2) is 5.74. The van der Waals surface area contributed by atoms with Gasteiger partial charge in [0.15, 0.2) is 11.6 Å². The number of aliphatic hydroxyl groups excluding tert-OH is 1. The third kappa shape index (κ3) is 3.17. The zero-order valence-corrected chi connectivity index (χ0v) is 11.3. The van der Waals surface area contributed by atoms with E-state index in [9.17, 15) is 21.6 Å². The molecule has 0 bridgehead atoms. The van der Waals surface area contributed by atoms with E-state index >= 15 is 0 Å². The normalized spacial score (nSPS) is 11.4. The molecule has 4 nitrogen and oxygen atoms in total. The highest BCUT2D eigenvalue weighted by atomic mass is 32.2. The maximum absolute atomic E-state index is 13.6. The first-order chi connectivity index (χ1) is 9.85. The fourth-order valence-electron chi connectivity index (χ4n) is 1.63. The van der Waals surface area contributed by atoms with Gasteiger partial charge in [0, 0.05) is 0 Å². The van der Waals surface area contributed by atoms with Crippen molar-refractivity contribution in [1.29, 1.82) is 0 Å². The largest absolute Gasteiger partial charge is 0.392 e. The van der Waals surface area contributed by atoms with E-state index < -0.39 is 44.7 Å². The van der Waals surface area contributed by atoms with Gasteiger partial charge in [-0.2, -0.15) is 0 Å². The summed E-state index contributed by atoms with van der Waals surface area (Å²) in [5.41, 5.74) is -0.472. The number of rotatable bonds is 4. The van der Waals surface area contributed by atoms with Gasteiger partial charge in [0.25, 0.3) is 10.0 Å². The lowest BCUT2D eigenvalue weighted by atomic mass is 10.2. The van der Waals surface area contributed by atoms with E-state index in [4.69, 9.17) is 5.11 Å². The summed E-state index contributed by atoms with van der Waals surface area (Å²) in [6, 6.07) is 5.91. The first kappa shape index (κ1) is 15.3. The minimum absolute atomic E-state index is 0.163. The Kier molecular flexibility index (Phi) is 4.19. The zero-order chi connectivity index (χ0) is 15.6. The molecule has 0 heterocycles. The molecule has 21 heavy (non-hydrogen) atoms. The summed E-state index contributed by atoms with van der Waals surface area (Å²) in [6.45, 7) is -0.489. The maximum atomic E-state index is 13.6. The molecule has 2 N–H and O–H groups in total. The second-order valence-electron chi connectivity index (χ2n) is 4.13. The SMILES string of the molecule is O=S(=O)(Nc1cccc(F)c1F)c1cc(CO)ccc1F. The summed E-state index contributed by atoms with van der Waals surface area (Å²) in [5, 5.41) is 8.94. The number of anilines is 1. The molecule has 0 spiro atoms. The molecule has 2 rings (SSSR count). The van der Waals surface area contributed by atoms with E-state index in [-0.39, 0.29) is 5.56 Å². The molecule has 0 saturated carbocycles. The van der Waals surface area contributed by atoms with Gasteiger partial charge in [-0.3, -0.25) is 4.72 Å². The maximum Gasteiger partial charge on any atom is 0.264 e. The van der Waals surface area contributed by atoms with E-state index in [0.29, 0.717) is 0 Å². The van der Waals surface area contributed by atoms with Crippen LogP contribution in [0.2, 0.25) is 0 Å². The Morgan fingerprint density at radius 2 is 1.76 bits per heavy atom. The van der Waals surface area contributed by atoms with Gasteiger partial charge in [-0.25, -0.2) is 21.6 Å². The molecular formula is C13H10F3NO3S. The van der Waals surface area contributed by atoms with Crippen LogP contribution >= 0.6 is 0 Å². The molecule has 8 heteroatoms. The molecule has 2 aromatic carbocycles. The van der Waals surface area contributed by atoms with Crippen LogP contribution in [0.25, 0.3) is 0 Å². The topological polar surface area (TPSA) is 66.4 Å². The Morgan fingerprint density at radius 3 is 2.43 bits per heavy atom. The van der Waals surface area contributed by atoms with Crippen molar-refractivity contribution in [2.24, 2.45) is 0 Å². The molecule has 0 atom stereocenters. The van der Waals surface area contributed by atoms with Gasteiger partial charge in [-0.1, -0.05) is 12.1 Å². The third-order valence-corrected chi connectivity index (χ3v) is 4.04. The molecule has 0 fully saturated rings. The minimum Gasteiger partial charge on any atom is -0.392 e. The first-order valence-electron chi connectivity index (χ1n) is 5.71. The van der Waals surface area contributed by atoms with Crippen molar-refractivity contribution in [3.63, 3.8) is 0 Å². The Balaban J connectivity index is 2.46. The summed E-state index contributed by atoms with van der Waals surface area (Å²) in [7, 11) is -4.46. The van der Waals surface area contributed by atoms with Crippen molar-refractivity contribution in [2.75, 3.05) is 4.72 Å². The van der Waals surface area contributed by atoms with E-state index in [1.54, 1.807) is 4.72 Å². The van der Waals surface area contributed by atoms with Gasteiger partial charge < -0.3 is 5.11 Å². The second-order valence-corrected chi connectivity index (χ2v) is 5.78. The Hall–Kier alpha value is -2.06.